The number of hydrogen-bond donors (Lipinski definition) is 3. The third kappa shape index (κ3) is 6.02. The quantitative estimate of drug-likeness (QED) is 0.645. The smallest absolute Gasteiger partial charge is 0.315 e. The molecule has 1 aromatic heterocycles. The first-order valence-electron chi connectivity index (χ1n) is 5.52. The van der Waals surface area contributed by atoms with E-state index in [1.54, 1.807) is 12.4 Å². The van der Waals surface area contributed by atoms with Crippen LogP contribution in [0.3, 0.4) is 0 Å². The van der Waals surface area contributed by atoms with Gasteiger partial charge in [0, 0.05) is 46.4 Å². The first-order chi connectivity index (χ1) is 9.00. The van der Waals surface area contributed by atoms with E-state index in [1.165, 1.54) is 0 Å². The number of aromatic nitrogens is 1. The zero-order chi connectivity index (χ0) is 14.3. The zero-order valence-corrected chi connectivity index (χ0v) is 13.1. The zero-order valence-electron chi connectivity index (χ0n) is 9.95. The number of nitrogens with one attached hydrogen (secondary N) is 2. The Morgan fingerprint density at radius 2 is 1.84 bits per heavy atom. The Morgan fingerprint density at radius 3 is 2.42 bits per heavy atom. The fourth-order valence-electron chi connectivity index (χ4n) is 1.28. The summed E-state index contributed by atoms with van der Waals surface area (Å²) in [6.07, 6.45) is 3.74. The number of nitrogens with zero attached hydrogens (tertiary/aromatic N) is 1. The van der Waals surface area contributed by atoms with E-state index in [-0.39, 0.29) is 12.5 Å². The molecule has 3 N–H and O–H groups in total. The summed E-state index contributed by atoms with van der Waals surface area (Å²) < 4.78 is 1.60. The van der Waals surface area contributed by atoms with Gasteiger partial charge < -0.3 is 15.7 Å². The van der Waals surface area contributed by atoms with E-state index in [9.17, 15) is 9.59 Å². The van der Waals surface area contributed by atoms with Crippen LogP contribution in [0, 0.1) is 0 Å². The molecule has 104 valence electrons. The van der Waals surface area contributed by atoms with Crippen molar-refractivity contribution in [1.29, 1.82) is 0 Å². The van der Waals surface area contributed by atoms with Crippen LogP contribution in [0.4, 0.5) is 4.79 Å². The van der Waals surface area contributed by atoms with E-state index in [1.807, 2.05) is 0 Å². The van der Waals surface area contributed by atoms with Crippen molar-refractivity contribution in [2.45, 2.75) is 19.4 Å². The maximum atomic E-state index is 11.5. The first kappa shape index (κ1) is 15.9. The average Bonchev–Trinajstić information content (AvgIpc) is 2.34. The SMILES string of the molecule is O=C(O)CCCNC(=O)NCc1c(Br)cncc1Br. The molecule has 0 spiro atoms. The number of halogens is 2. The molecule has 0 radical (unpaired) electrons. The van der Waals surface area contributed by atoms with Gasteiger partial charge in [0.2, 0.25) is 0 Å². The lowest BCUT2D eigenvalue weighted by Gasteiger charge is -2.09. The third-order valence-corrected chi connectivity index (χ3v) is 3.60. The van der Waals surface area contributed by atoms with Gasteiger partial charge in [0.05, 0.1) is 0 Å². The summed E-state index contributed by atoms with van der Waals surface area (Å²) in [7, 11) is 0. The summed E-state index contributed by atoms with van der Waals surface area (Å²) in [6, 6.07) is -0.332. The molecule has 19 heavy (non-hydrogen) atoms. The molecule has 0 bridgehead atoms. The van der Waals surface area contributed by atoms with Gasteiger partial charge in [0.25, 0.3) is 0 Å². The molecule has 0 aliphatic carbocycles. The van der Waals surface area contributed by atoms with Crippen molar-refractivity contribution in [2.24, 2.45) is 0 Å². The Bertz CT molecular complexity index is 448. The number of rotatable bonds is 6. The van der Waals surface area contributed by atoms with Gasteiger partial charge in [-0.05, 0) is 38.3 Å². The van der Waals surface area contributed by atoms with E-state index in [0.29, 0.717) is 19.5 Å². The maximum Gasteiger partial charge on any atom is 0.315 e. The van der Waals surface area contributed by atoms with Crippen LogP contribution in [0.25, 0.3) is 0 Å². The van der Waals surface area contributed by atoms with Gasteiger partial charge in [-0.1, -0.05) is 0 Å². The molecule has 0 aliphatic heterocycles. The summed E-state index contributed by atoms with van der Waals surface area (Å²) in [5, 5.41) is 13.7. The van der Waals surface area contributed by atoms with Crippen LogP contribution in [-0.4, -0.2) is 28.6 Å². The van der Waals surface area contributed by atoms with Crippen LogP contribution in [0.15, 0.2) is 21.3 Å². The Morgan fingerprint density at radius 1 is 1.21 bits per heavy atom. The number of hydrogen-bond acceptors (Lipinski definition) is 3. The summed E-state index contributed by atoms with van der Waals surface area (Å²) in [6.45, 7) is 0.672. The van der Waals surface area contributed by atoms with E-state index in [4.69, 9.17) is 5.11 Å². The second-order valence-electron chi connectivity index (χ2n) is 3.69. The minimum atomic E-state index is -0.869. The number of pyridine rings is 1. The number of carbonyl (C=O) groups excluding carboxylic acids is 1. The molecule has 0 saturated carbocycles. The molecule has 8 heteroatoms. The molecule has 6 nitrogen and oxygen atoms in total. The molecular weight excluding hydrogens is 382 g/mol. The second-order valence-corrected chi connectivity index (χ2v) is 5.40. The molecule has 0 atom stereocenters. The van der Waals surface area contributed by atoms with E-state index >= 15 is 0 Å². The standard InChI is InChI=1S/C11H13Br2N3O3/c12-8-5-14-6-9(13)7(8)4-16-11(19)15-3-1-2-10(17)18/h5-6H,1-4H2,(H,17,18)(H2,15,16,19). The minimum Gasteiger partial charge on any atom is -0.481 e. The highest BCUT2D eigenvalue weighted by Crippen LogP contribution is 2.23. The van der Waals surface area contributed by atoms with Crippen molar-refractivity contribution in [3.63, 3.8) is 0 Å². The average molecular weight is 395 g/mol. The Kier molecular flexibility index (Phi) is 6.79. The first-order valence-corrected chi connectivity index (χ1v) is 7.10. The lowest BCUT2D eigenvalue weighted by molar-refractivity contribution is -0.137. The monoisotopic (exact) mass is 393 g/mol. The summed E-state index contributed by atoms with van der Waals surface area (Å²) >= 11 is 6.70. The number of aliphatic carboxylic acids is 1. The normalized spacial score (nSPS) is 10.0. The van der Waals surface area contributed by atoms with Crippen LogP contribution >= 0.6 is 31.9 Å². The summed E-state index contributed by atoms with van der Waals surface area (Å²) in [5.74, 6) is -0.869. The number of carboxylic acids is 1. The number of carboxylic acid groups (broad SMARTS) is 1. The van der Waals surface area contributed by atoms with Gasteiger partial charge in [-0.3, -0.25) is 9.78 Å². The predicted molar refractivity (Wildman–Crippen MR) is 76.7 cm³/mol. The van der Waals surface area contributed by atoms with Gasteiger partial charge >= 0.3 is 12.0 Å². The summed E-state index contributed by atoms with van der Waals surface area (Å²) in [5.41, 5.74) is 0.885. The lowest BCUT2D eigenvalue weighted by atomic mass is 10.3. The fraction of sp³-hybridized carbons (Fsp3) is 0.364. The lowest BCUT2D eigenvalue weighted by Crippen LogP contribution is -2.35. The Balaban J connectivity index is 2.32. The number of urea groups is 1. The molecule has 0 saturated heterocycles. The van der Waals surface area contributed by atoms with Gasteiger partial charge in [0.15, 0.2) is 0 Å². The van der Waals surface area contributed by atoms with Crippen LogP contribution in [-0.2, 0) is 11.3 Å². The second kappa shape index (κ2) is 8.11. The van der Waals surface area contributed by atoms with Crippen LogP contribution in [0.5, 0.6) is 0 Å². The van der Waals surface area contributed by atoms with Crippen molar-refractivity contribution < 1.29 is 14.7 Å². The Labute approximate surface area is 127 Å². The van der Waals surface area contributed by atoms with Crippen molar-refractivity contribution in [3.8, 4) is 0 Å². The van der Waals surface area contributed by atoms with Crippen molar-refractivity contribution in [3.05, 3.63) is 26.9 Å². The molecule has 0 aromatic carbocycles. The molecular formula is C11H13Br2N3O3. The highest BCUT2D eigenvalue weighted by atomic mass is 79.9. The van der Waals surface area contributed by atoms with E-state index in [2.05, 4.69) is 47.5 Å². The van der Waals surface area contributed by atoms with E-state index < -0.39 is 5.97 Å². The van der Waals surface area contributed by atoms with Crippen LogP contribution < -0.4 is 10.6 Å². The third-order valence-electron chi connectivity index (χ3n) is 2.23. The van der Waals surface area contributed by atoms with Crippen molar-refractivity contribution in [1.82, 2.24) is 15.6 Å². The molecule has 0 aliphatic rings. The number of amides is 2. The number of carbonyl (C=O) groups is 2. The maximum absolute atomic E-state index is 11.5. The van der Waals surface area contributed by atoms with Crippen molar-refractivity contribution in [2.75, 3.05) is 6.54 Å². The Hall–Kier alpha value is -1.15. The molecule has 0 fully saturated rings. The van der Waals surface area contributed by atoms with Gasteiger partial charge in [0.1, 0.15) is 0 Å². The highest BCUT2D eigenvalue weighted by Gasteiger charge is 2.07. The van der Waals surface area contributed by atoms with Crippen LogP contribution in [0.2, 0.25) is 0 Å². The molecule has 1 heterocycles. The van der Waals surface area contributed by atoms with E-state index in [0.717, 1.165) is 14.5 Å². The predicted octanol–water partition coefficient (Wildman–Crippen LogP) is 2.27. The van der Waals surface area contributed by atoms with Gasteiger partial charge in [-0.15, -0.1) is 0 Å². The molecule has 1 rings (SSSR count). The van der Waals surface area contributed by atoms with Crippen LogP contribution in [0.1, 0.15) is 18.4 Å². The topological polar surface area (TPSA) is 91.3 Å². The molecule has 1 aromatic rings. The largest absolute Gasteiger partial charge is 0.481 e. The van der Waals surface area contributed by atoms with Crippen molar-refractivity contribution >= 4 is 43.9 Å². The van der Waals surface area contributed by atoms with Gasteiger partial charge in [-0.25, -0.2) is 4.79 Å². The minimum absolute atomic E-state index is 0.0434. The highest BCUT2D eigenvalue weighted by molar-refractivity contribution is 9.11. The summed E-state index contributed by atoms with van der Waals surface area (Å²) in [4.78, 5) is 25.7. The molecule has 0 unspecified atom stereocenters. The fourth-order valence-corrected chi connectivity index (χ4v) is 2.49. The van der Waals surface area contributed by atoms with Gasteiger partial charge in [-0.2, -0.15) is 0 Å². The molecule has 2 amide bonds.